The monoisotopic (exact) mass is 432 g/mol. The van der Waals surface area contributed by atoms with Gasteiger partial charge >= 0.3 is 0 Å². The van der Waals surface area contributed by atoms with Crippen molar-refractivity contribution in [3.63, 3.8) is 0 Å². The molecule has 1 aliphatic heterocycles. The maximum atomic E-state index is 13.8. The molecule has 3 heterocycles. The summed E-state index contributed by atoms with van der Waals surface area (Å²) in [5, 5.41) is 4.59. The van der Waals surface area contributed by atoms with Crippen LogP contribution in [0.3, 0.4) is 0 Å². The summed E-state index contributed by atoms with van der Waals surface area (Å²) in [7, 11) is 0. The molecule has 0 amide bonds. The Labute approximate surface area is 185 Å². The number of rotatable bonds is 4. The molecule has 2 aromatic carbocycles. The first kappa shape index (κ1) is 19.5. The SMILES string of the molecule is Cc1cnc2c3c(ccc2n1)OC[C@H](CNC[C@@H]1CCc2[nH]c4ccc(F)cc4c2C1)O3. The van der Waals surface area contributed by atoms with Gasteiger partial charge in [0.05, 0.1) is 11.2 Å². The number of ether oxygens (including phenoxy) is 2. The van der Waals surface area contributed by atoms with Crippen molar-refractivity contribution in [3.8, 4) is 11.5 Å². The van der Waals surface area contributed by atoms with Crippen molar-refractivity contribution >= 4 is 21.9 Å². The van der Waals surface area contributed by atoms with E-state index in [-0.39, 0.29) is 11.9 Å². The molecule has 7 heteroatoms. The molecule has 6 rings (SSSR count). The smallest absolute Gasteiger partial charge is 0.189 e. The van der Waals surface area contributed by atoms with E-state index >= 15 is 0 Å². The lowest BCUT2D eigenvalue weighted by Gasteiger charge is -2.28. The van der Waals surface area contributed by atoms with Crippen LogP contribution in [0.25, 0.3) is 21.9 Å². The second-order valence-electron chi connectivity index (χ2n) is 8.86. The molecule has 0 bridgehead atoms. The van der Waals surface area contributed by atoms with E-state index in [1.54, 1.807) is 12.3 Å². The summed E-state index contributed by atoms with van der Waals surface area (Å²) in [6.07, 6.45) is 4.73. The van der Waals surface area contributed by atoms with Gasteiger partial charge in [-0.05, 0) is 74.5 Å². The molecule has 0 saturated heterocycles. The quantitative estimate of drug-likeness (QED) is 0.508. The van der Waals surface area contributed by atoms with Gasteiger partial charge in [-0.25, -0.2) is 14.4 Å². The van der Waals surface area contributed by atoms with E-state index in [2.05, 4.69) is 20.3 Å². The molecule has 0 radical (unpaired) electrons. The Morgan fingerprint density at radius 2 is 2.16 bits per heavy atom. The van der Waals surface area contributed by atoms with Crippen LogP contribution in [-0.4, -0.2) is 40.8 Å². The Balaban J connectivity index is 1.10. The maximum Gasteiger partial charge on any atom is 0.189 e. The van der Waals surface area contributed by atoms with Crippen molar-refractivity contribution in [3.05, 3.63) is 59.3 Å². The number of fused-ring (bicyclic) bond motifs is 6. The number of aromatic amines is 1. The van der Waals surface area contributed by atoms with Crippen LogP contribution in [0, 0.1) is 18.7 Å². The fourth-order valence-electron chi connectivity index (χ4n) is 4.93. The van der Waals surface area contributed by atoms with Crippen molar-refractivity contribution < 1.29 is 13.9 Å². The van der Waals surface area contributed by atoms with Gasteiger partial charge in [-0.3, -0.25) is 0 Å². The zero-order chi connectivity index (χ0) is 21.7. The highest BCUT2D eigenvalue weighted by atomic mass is 19.1. The predicted molar refractivity (Wildman–Crippen MR) is 121 cm³/mol. The largest absolute Gasteiger partial charge is 0.486 e. The van der Waals surface area contributed by atoms with E-state index in [4.69, 9.17) is 9.47 Å². The second-order valence-corrected chi connectivity index (χ2v) is 8.86. The van der Waals surface area contributed by atoms with Crippen LogP contribution in [0.5, 0.6) is 11.5 Å². The van der Waals surface area contributed by atoms with Crippen LogP contribution in [0.2, 0.25) is 0 Å². The normalized spacial score (nSPS) is 19.9. The van der Waals surface area contributed by atoms with Gasteiger partial charge in [0.1, 0.15) is 24.0 Å². The zero-order valence-electron chi connectivity index (χ0n) is 18.0. The van der Waals surface area contributed by atoms with E-state index in [0.717, 1.165) is 59.2 Å². The molecule has 0 saturated carbocycles. The first-order valence-corrected chi connectivity index (χ1v) is 11.2. The molecule has 2 N–H and O–H groups in total. The van der Waals surface area contributed by atoms with Gasteiger partial charge in [0.15, 0.2) is 11.5 Å². The van der Waals surface area contributed by atoms with Gasteiger partial charge in [0.2, 0.25) is 0 Å². The van der Waals surface area contributed by atoms with E-state index in [0.29, 0.717) is 24.8 Å². The number of benzene rings is 2. The molecule has 2 atom stereocenters. The summed E-state index contributed by atoms with van der Waals surface area (Å²) in [6, 6.07) is 8.83. The average molecular weight is 432 g/mol. The standard InChI is InChI=1S/C25H25FN4O2/c1-14-10-28-24-22(29-14)6-7-23-25(24)32-17(13-31-23)12-27-11-15-2-4-20-18(8-15)19-9-16(26)3-5-21(19)30-20/h3,5-7,9-10,15,17,27,30H,2,4,8,11-13H2,1H3/t15-,17+/m1/s1. The highest BCUT2D eigenvalue weighted by Crippen LogP contribution is 2.37. The van der Waals surface area contributed by atoms with Crippen molar-refractivity contribution in [2.45, 2.75) is 32.3 Å². The van der Waals surface area contributed by atoms with Gasteiger partial charge in [0.25, 0.3) is 0 Å². The van der Waals surface area contributed by atoms with Crippen LogP contribution >= 0.6 is 0 Å². The van der Waals surface area contributed by atoms with Crippen molar-refractivity contribution in [2.24, 2.45) is 5.92 Å². The Bertz CT molecular complexity index is 1320. The number of halogens is 1. The zero-order valence-corrected chi connectivity index (χ0v) is 18.0. The summed E-state index contributed by atoms with van der Waals surface area (Å²) >= 11 is 0. The van der Waals surface area contributed by atoms with E-state index in [9.17, 15) is 4.39 Å². The summed E-state index contributed by atoms with van der Waals surface area (Å²) in [5.74, 6) is 1.73. The van der Waals surface area contributed by atoms with Gasteiger partial charge in [-0.15, -0.1) is 0 Å². The molecular formula is C25H25FN4O2. The van der Waals surface area contributed by atoms with Crippen LogP contribution in [-0.2, 0) is 12.8 Å². The molecule has 164 valence electrons. The highest BCUT2D eigenvalue weighted by Gasteiger charge is 2.26. The Morgan fingerprint density at radius 1 is 1.22 bits per heavy atom. The third kappa shape index (κ3) is 3.46. The average Bonchev–Trinajstić information content (AvgIpc) is 3.16. The van der Waals surface area contributed by atoms with Crippen molar-refractivity contribution in [1.82, 2.24) is 20.3 Å². The fraction of sp³-hybridized carbons (Fsp3) is 0.360. The Kier molecular flexibility index (Phi) is 4.72. The number of hydrogen-bond acceptors (Lipinski definition) is 5. The molecule has 32 heavy (non-hydrogen) atoms. The van der Waals surface area contributed by atoms with E-state index in [1.165, 1.54) is 17.3 Å². The molecule has 2 aliphatic rings. The molecule has 6 nitrogen and oxygen atoms in total. The third-order valence-corrected chi connectivity index (χ3v) is 6.52. The maximum absolute atomic E-state index is 13.8. The highest BCUT2D eigenvalue weighted by molar-refractivity contribution is 5.85. The summed E-state index contributed by atoms with van der Waals surface area (Å²) in [5.41, 5.74) is 5.98. The number of nitrogens with one attached hydrogen (secondary N) is 2. The van der Waals surface area contributed by atoms with Crippen LogP contribution < -0.4 is 14.8 Å². The first-order valence-electron chi connectivity index (χ1n) is 11.2. The number of nitrogens with zero attached hydrogens (tertiary/aromatic N) is 2. The minimum absolute atomic E-state index is 0.0856. The Hall–Kier alpha value is -3.19. The van der Waals surface area contributed by atoms with Gasteiger partial charge < -0.3 is 19.8 Å². The first-order chi connectivity index (χ1) is 15.6. The summed E-state index contributed by atoms with van der Waals surface area (Å²) in [6.45, 7) is 4.02. The van der Waals surface area contributed by atoms with Gasteiger partial charge in [-0.2, -0.15) is 0 Å². The fourth-order valence-corrected chi connectivity index (χ4v) is 4.93. The third-order valence-electron chi connectivity index (χ3n) is 6.52. The topological polar surface area (TPSA) is 72.1 Å². The number of aryl methyl sites for hydroxylation is 2. The van der Waals surface area contributed by atoms with Crippen molar-refractivity contribution in [1.29, 1.82) is 0 Å². The lowest BCUT2D eigenvalue weighted by atomic mass is 9.86. The van der Waals surface area contributed by atoms with Crippen LogP contribution in [0.4, 0.5) is 4.39 Å². The molecule has 1 aliphatic carbocycles. The minimum Gasteiger partial charge on any atom is -0.486 e. The summed E-state index contributed by atoms with van der Waals surface area (Å²) in [4.78, 5) is 12.5. The molecule has 0 unspecified atom stereocenters. The van der Waals surface area contributed by atoms with E-state index in [1.807, 2.05) is 25.1 Å². The number of hydrogen-bond donors (Lipinski definition) is 2. The Morgan fingerprint density at radius 3 is 3.09 bits per heavy atom. The molecule has 2 aromatic heterocycles. The number of aromatic nitrogens is 3. The van der Waals surface area contributed by atoms with E-state index < -0.39 is 0 Å². The number of H-pyrrole nitrogens is 1. The molecule has 0 fully saturated rings. The molecule has 4 aromatic rings. The van der Waals surface area contributed by atoms with Crippen LogP contribution in [0.15, 0.2) is 36.5 Å². The van der Waals surface area contributed by atoms with Gasteiger partial charge in [0, 0.05) is 29.3 Å². The predicted octanol–water partition coefficient (Wildman–Crippen LogP) is 4.09. The summed E-state index contributed by atoms with van der Waals surface area (Å²) < 4.78 is 25.9. The lowest BCUT2D eigenvalue weighted by Crippen LogP contribution is -2.40. The lowest BCUT2D eigenvalue weighted by molar-refractivity contribution is 0.0912. The van der Waals surface area contributed by atoms with Crippen molar-refractivity contribution in [2.75, 3.05) is 19.7 Å². The van der Waals surface area contributed by atoms with Crippen LogP contribution in [0.1, 0.15) is 23.4 Å². The van der Waals surface area contributed by atoms with Gasteiger partial charge in [-0.1, -0.05) is 0 Å². The molecule has 0 spiro atoms. The second kappa shape index (κ2) is 7.74. The minimum atomic E-state index is -0.179. The molecular weight excluding hydrogens is 407 g/mol.